The molecule has 0 aromatic rings. The van der Waals surface area contributed by atoms with Crippen LogP contribution in [0.1, 0.15) is 79.6 Å². The smallest absolute Gasteiger partial charge is 0.0916 e. The normalized spacial score (nSPS) is 43.8. The third-order valence-electron chi connectivity index (χ3n) is 9.93. The molecule has 0 spiro atoms. The number of aliphatic hydroxyl groups is 5. The molecule has 34 heavy (non-hydrogen) atoms. The molecule has 0 amide bonds. The number of allylic oxidation sites excluding steroid dienone is 4. The quantitative estimate of drug-likeness (QED) is 0.266. The minimum absolute atomic E-state index is 0.126. The van der Waals surface area contributed by atoms with Gasteiger partial charge in [-0.15, -0.1) is 0 Å². The van der Waals surface area contributed by atoms with Gasteiger partial charge in [0.2, 0.25) is 0 Å². The molecule has 9 unspecified atom stereocenters. The Morgan fingerprint density at radius 2 is 1.79 bits per heavy atom. The van der Waals surface area contributed by atoms with Crippen molar-refractivity contribution in [1.82, 2.24) is 0 Å². The maximum Gasteiger partial charge on any atom is 0.0916 e. The standard InChI is InChI=1S/C27H43NO6/c1-24(2,32)10-9-23(31)27(5,33)22-7-6-16-15-12-19(28-34)18-13-20(29)21(30)14-26(18,4)17(15)8-11-25(16,22)3/h6,12,17-18,20-23,29-34H,7-11,13-14H2,1-5H3/b28-19+. The highest BCUT2D eigenvalue weighted by molar-refractivity contribution is 5.99. The zero-order valence-corrected chi connectivity index (χ0v) is 21.2. The van der Waals surface area contributed by atoms with E-state index in [4.69, 9.17) is 0 Å². The largest absolute Gasteiger partial charge is 0.411 e. The van der Waals surface area contributed by atoms with E-state index in [0.29, 0.717) is 37.8 Å². The molecule has 7 heteroatoms. The summed E-state index contributed by atoms with van der Waals surface area (Å²) < 4.78 is 0. The van der Waals surface area contributed by atoms with Crippen LogP contribution >= 0.6 is 0 Å². The van der Waals surface area contributed by atoms with Crippen LogP contribution in [0, 0.1) is 28.6 Å². The number of aliphatic hydroxyl groups excluding tert-OH is 3. The number of fused-ring (bicyclic) bond motifs is 5. The summed E-state index contributed by atoms with van der Waals surface area (Å²) >= 11 is 0. The van der Waals surface area contributed by atoms with Crippen LogP contribution < -0.4 is 0 Å². The van der Waals surface area contributed by atoms with Gasteiger partial charge in [0.1, 0.15) is 0 Å². The van der Waals surface area contributed by atoms with Crippen LogP contribution in [0.2, 0.25) is 0 Å². The molecular formula is C27H43NO6. The Morgan fingerprint density at radius 3 is 2.41 bits per heavy atom. The molecule has 4 aliphatic rings. The molecule has 0 bridgehead atoms. The average molecular weight is 478 g/mol. The first-order chi connectivity index (χ1) is 15.6. The predicted molar refractivity (Wildman–Crippen MR) is 129 cm³/mol. The van der Waals surface area contributed by atoms with Gasteiger partial charge in [-0.05, 0) is 99.7 Å². The minimum atomic E-state index is -1.33. The zero-order chi connectivity index (χ0) is 25.3. The molecule has 4 aliphatic carbocycles. The van der Waals surface area contributed by atoms with Gasteiger partial charge < -0.3 is 30.7 Å². The molecule has 9 atom stereocenters. The Labute approximate surface area is 202 Å². The van der Waals surface area contributed by atoms with Gasteiger partial charge >= 0.3 is 0 Å². The Kier molecular flexibility index (Phi) is 6.39. The fourth-order valence-electron chi connectivity index (χ4n) is 7.82. The van der Waals surface area contributed by atoms with E-state index in [0.717, 1.165) is 24.0 Å². The van der Waals surface area contributed by atoms with Crippen molar-refractivity contribution >= 4 is 5.71 Å². The minimum Gasteiger partial charge on any atom is -0.411 e. The summed E-state index contributed by atoms with van der Waals surface area (Å²) in [6, 6.07) is 0. The summed E-state index contributed by atoms with van der Waals surface area (Å²) in [5.74, 6) is -0.153. The van der Waals surface area contributed by atoms with E-state index in [2.05, 4.69) is 25.1 Å². The second-order valence-electron chi connectivity index (χ2n) is 12.8. The van der Waals surface area contributed by atoms with Crippen molar-refractivity contribution < 1.29 is 30.7 Å². The van der Waals surface area contributed by atoms with Crippen molar-refractivity contribution in [2.24, 2.45) is 33.7 Å². The fraction of sp³-hybridized carbons (Fsp3) is 0.815. The molecule has 2 saturated carbocycles. The summed E-state index contributed by atoms with van der Waals surface area (Å²) in [4.78, 5) is 0. The second-order valence-corrected chi connectivity index (χ2v) is 12.8. The van der Waals surface area contributed by atoms with Gasteiger partial charge in [-0.2, -0.15) is 0 Å². The summed E-state index contributed by atoms with van der Waals surface area (Å²) in [5, 5.41) is 66.9. The van der Waals surface area contributed by atoms with Crippen LogP contribution in [0.3, 0.4) is 0 Å². The van der Waals surface area contributed by atoms with Gasteiger partial charge in [0.25, 0.3) is 0 Å². The van der Waals surface area contributed by atoms with Gasteiger partial charge in [0, 0.05) is 11.8 Å². The fourth-order valence-corrected chi connectivity index (χ4v) is 7.82. The van der Waals surface area contributed by atoms with Crippen molar-refractivity contribution in [2.45, 2.75) is 109 Å². The van der Waals surface area contributed by atoms with Crippen molar-refractivity contribution in [3.8, 4) is 0 Å². The molecule has 7 nitrogen and oxygen atoms in total. The average Bonchev–Trinajstić information content (AvgIpc) is 3.10. The SMILES string of the molecule is CC(C)(O)CCC(O)C(C)(O)C1CC=C2C3=C/C(=N\O)C4CC(O)C(O)CC4(C)C3CCC21C. The van der Waals surface area contributed by atoms with E-state index < -0.39 is 29.5 Å². The molecule has 0 aromatic carbocycles. The van der Waals surface area contributed by atoms with E-state index >= 15 is 0 Å². The van der Waals surface area contributed by atoms with E-state index in [1.807, 2.05) is 6.08 Å². The van der Waals surface area contributed by atoms with Crippen LogP contribution in [0.15, 0.2) is 28.5 Å². The molecule has 4 rings (SSSR count). The van der Waals surface area contributed by atoms with Crippen LogP contribution in [0.4, 0.5) is 0 Å². The first-order valence-electron chi connectivity index (χ1n) is 12.8. The molecule has 6 N–H and O–H groups in total. The maximum absolute atomic E-state index is 11.6. The van der Waals surface area contributed by atoms with Gasteiger partial charge in [-0.1, -0.05) is 25.1 Å². The van der Waals surface area contributed by atoms with Gasteiger partial charge in [-0.3, -0.25) is 0 Å². The molecule has 0 aromatic heterocycles. The van der Waals surface area contributed by atoms with Crippen molar-refractivity contribution in [3.05, 3.63) is 23.3 Å². The van der Waals surface area contributed by atoms with Crippen molar-refractivity contribution in [2.75, 3.05) is 0 Å². The highest BCUT2D eigenvalue weighted by atomic mass is 16.4. The monoisotopic (exact) mass is 477 g/mol. The topological polar surface area (TPSA) is 134 Å². The number of nitrogens with zero attached hydrogens (tertiary/aromatic N) is 1. The van der Waals surface area contributed by atoms with E-state index in [1.54, 1.807) is 20.8 Å². The maximum atomic E-state index is 11.6. The summed E-state index contributed by atoms with van der Waals surface area (Å²) in [5.41, 5.74) is -0.123. The van der Waals surface area contributed by atoms with Gasteiger partial charge in [0.15, 0.2) is 0 Å². The second kappa shape index (κ2) is 8.41. The highest BCUT2D eigenvalue weighted by Crippen LogP contribution is 2.65. The Hall–Kier alpha value is -1.25. The summed E-state index contributed by atoms with van der Waals surface area (Å²) in [7, 11) is 0. The lowest BCUT2D eigenvalue weighted by molar-refractivity contribution is -0.134. The molecular weight excluding hydrogens is 434 g/mol. The lowest BCUT2D eigenvalue weighted by Gasteiger charge is -2.57. The first kappa shape index (κ1) is 25.8. The highest BCUT2D eigenvalue weighted by Gasteiger charge is 2.60. The Morgan fingerprint density at radius 1 is 1.12 bits per heavy atom. The number of rotatable bonds is 5. The lowest BCUT2D eigenvalue weighted by atomic mass is 9.47. The molecule has 0 heterocycles. The van der Waals surface area contributed by atoms with Crippen LogP contribution in [-0.2, 0) is 0 Å². The summed E-state index contributed by atoms with van der Waals surface area (Å²) in [6.45, 7) is 9.43. The predicted octanol–water partition coefficient (Wildman–Crippen LogP) is 2.92. The van der Waals surface area contributed by atoms with Crippen LogP contribution in [-0.4, -0.2) is 66.0 Å². The number of oxime groups is 1. The third-order valence-corrected chi connectivity index (χ3v) is 9.93. The Bertz CT molecular complexity index is 901. The molecule has 0 aliphatic heterocycles. The van der Waals surface area contributed by atoms with Crippen molar-refractivity contribution in [1.29, 1.82) is 0 Å². The lowest BCUT2D eigenvalue weighted by Crippen LogP contribution is -2.56. The number of hydrogen-bond acceptors (Lipinski definition) is 7. The summed E-state index contributed by atoms with van der Waals surface area (Å²) in [6.07, 6.45) is 5.41. The molecule has 2 fully saturated rings. The molecule has 0 radical (unpaired) electrons. The number of hydrogen-bond donors (Lipinski definition) is 6. The third kappa shape index (κ3) is 3.97. The van der Waals surface area contributed by atoms with E-state index in [1.165, 1.54) is 0 Å². The molecule has 0 saturated heterocycles. The van der Waals surface area contributed by atoms with Gasteiger partial charge in [0.05, 0.1) is 35.2 Å². The zero-order valence-electron chi connectivity index (χ0n) is 21.2. The van der Waals surface area contributed by atoms with Crippen LogP contribution in [0.5, 0.6) is 0 Å². The van der Waals surface area contributed by atoms with Gasteiger partial charge in [-0.25, -0.2) is 0 Å². The van der Waals surface area contributed by atoms with Crippen molar-refractivity contribution in [3.63, 3.8) is 0 Å². The molecule has 192 valence electrons. The Balaban J connectivity index is 1.65. The van der Waals surface area contributed by atoms with E-state index in [-0.39, 0.29) is 28.6 Å². The first-order valence-corrected chi connectivity index (χ1v) is 12.8. The van der Waals surface area contributed by atoms with E-state index in [9.17, 15) is 30.7 Å². The van der Waals surface area contributed by atoms with Crippen LogP contribution in [0.25, 0.3) is 0 Å².